The number of fused-ring (bicyclic) bond motifs is 6. The molecule has 0 amide bonds. The topological polar surface area (TPSA) is 13.1 Å². The lowest BCUT2D eigenvalue weighted by atomic mass is 9.67. The first kappa shape index (κ1) is 23.6. The van der Waals surface area contributed by atoms with E-state index in [1.54, 1.807) is 30.3 Å². The van der Waals surface area contributed by atoms with Crippen LogP contribution in [0, 0.1) is 0 Å². The smallest absolute Gasteiger partial charge is 0.135 e. The van der Waals surface area contributed by atoms with E-state index < -0.39 is 29.6 Å². The number of hydrogen-bond donors (Lipinski definition) is 0. The zero-order chi connectivity index (χ0) is 42.6. The third kappa shape index (κ3) is 4.45. The van der Waals surface area contributed by atoms with E-state index >= 15 is 0 Å². The minimum Gasteiger partial charge on any atom is -0.456 e. The Kier molecular flexibility index (Phi) is 5.26. The van der Waals surface area contributed by atoms with Crippen molar-refractivity contribution in [2.24, 2.45) is 0 Å². The third-order valence-corrected chi connectivity index (χ3v) is 11.0. The van der Waals surface area contributed by atoms with E-state index in [-0.39, 0.29) is 45.7 Å². The molecule has 9 aromatic carbocycles. The Bertz CT molecular complexity index is 3370. The van der Waals surface area contributed by atoms with Gasteiger partial charge in [0.1, 0.15) is 11.3 Å². The molecule has 0 saturated heterocycles. The fraction of sp³-hybridized carbons (Fsp3) is 0.0189. The standard InChI is InChI=1S/C53H34O/c1-4-16-35(17-5-1)51-42-23-10-12-25-44(42)52(45-26-13-11-24-43(45)51)37-29-31-49-38(32-37)34-50(54-49)36-28-30-48-46(33-36)41-22-14-15-27-47(41)53(48,39-18-6-2-7-19-39)40-20-8-3-9-21-40/h1-34H/i10D,11D,12D,13D,23D,24D,25D,26D. The van der Waals surface area contributed by atoms with Crippen LogP contribution in [0.5, 0.6) is 0 Å². The van der Waals surface area contributed by atoms with E-state index in [4.69, 9.17) is 9.90 Å². The molecule has 0 unspecified atom stereocenters. The Balaban J connectivity index is 1.15. The highest BCUT2D eigenvalue weighted by Gasteiger charge is 2.46. The molecule has 0 bridgehead atoms. The van der Waals surface area contributed by atoms with Crippen molar-refractivity contribution in [3.63, 3.8) is 0 Å². The molecule has 1 nitrogen and oxygen atoms in total. The molecule has 1 aromatic heterocycles. The van der Waals surface area contributed by atoms with Crippen LogP contribution in [0.15, 0.2) is 210 Å². The number of benzene rings is 9. The van der Waals surface area contributed by atoms with Crippen molar-refractivity contribution in [3.8, 4) is 44.7 Å². The molecular weight excluding hydrogens is 653 g/mol. The molecule has 1 heterocycles. The van der Waals surface area contributed by atoms with Crippen molar-refractivity contribution in [1.29, 1.82) is 0 Å². The lowest BCUT2D eigenvalue weighted by molar-refractivity contribution is 0.631. The largest absolute Gasteiger partial charge is 0.456 e. The van der Waals surface area contributed by atoms with Gasteiger partial charge in [-0.3, -0.25) is 0 Å². The fourth-order valence-electron chi connectivity index (χ4n) is 8.75. The predicted octanol–water partition coefficient (Wildman–Crippen LogP) is 14.1. The van der Waals surface area contributed by atoms with Gasteiger partial charge in [0.25, 0.3) is 0 Å². The van der Waals surface area contributed by atoms with Crippen molar-refractivity contribution in [2.45, 2.75) is 5.41 Å². The average Bonchev–Trinajstić information content (AvgIpc) is 3.88. The van der Waals surface area contributed by atoms with Crippen LogP contribution in [0.2, 0.25) is 0 Å². The fourth-order valence-corrected chi connectivity index (χ4v) is 8.75. The maximum Gasteiger partial charge on any atom is 0.135 e. The summed E-state index contributed by atoms with van der Waals surface area (Å²) < 4.78 is 78.6. The minimum atomic E-state index is -0.540. The molecule has 11 rings (SSSR count). The van der Waals surface area contributed by atoms with Crippen LogP contribution < -0.4 is 0 Å². The molecule has 1 aliphatic rings. The van der Waals surface area contributed by atoms with Gasteiger partial charge in [0.2, 0.25) is 0 Å². The first-order valence-corrected chi connectivity index (χ1v) is 18.0. The second-order valence-corrected chi connectivity index (χ2v) is 13.8. The maximum atomic E-state index is 9.30. The Morgan fingerprint density at radius 2 is 0.926 bits per heavy atom. The number of hydrogen-bond acceptors (Lipinski definition) is 1. The van der Waals surface area contributed by atoms with Crippen LogP contribution in [-0.4, -0.2) is 0 Å². The zero-order valence-corrected chi connectivity index (χ0v) is 28.9. The molecule has 0 radical (unpaired) electrons. The normalized spacial score (nSPS) is 15.0. The molecule has 252 valence electrons. The van der Waals surface area contributed by atoms with E-state index in [0.29, 0.717) is 33.6 Å². The van der Waals surface area contributed by atoms with E-state index in [9.17, 15) is 5.48 Å². The van der Waals surface area contributed by atoms with Crippen LogP contribution in [0.25, 0.3) is 77.2 Å². The predicted molar refractivity (Wildman–Crippen MR) is 225 cm³/mol. The summed E-state index contributed by atoms with van der Waals surface area (Å²) in [6.45, 7) is 0. The molecule has 1 aliphatic carbocycles. The van der Waals surface area contributed by atoms with Gasteiger partial charge in [0.15, 0.2) is 0 Å². The highest BCUT2D eigenvalue weighted by atomic mass is 16.3. The number of rotatable bonds is 5. The molecule has 0 aliphatic heterocycles. The van der Waals surface area contributed by atoms with Gasteiger partial charge in [-0.2, -0.15) is 0 Å². The van der Waals surface area contributed by atoms with Crippen molar-refractivity contribution >= 4 is 32.5 Å². The highest BCUT2D eigenvalue weighted by Crippen LogP contribution is 2.56. The molecular formula is C53H34O. The second-order valence-electron chi connectivity index (χ2n) is 13.8. The van der Waals surface area contributed by atoms with Gasteiger partial charge in [-0.05, 0) is 101 Å². The van der Waals surface area contributed by atoms with E-state index in [0.717, 1.165) is 22.1 Å². The van der Waals surface area contributed by atoms with Gasteiger partial charge in [0.05, 0.1) is 16.4 Å². The summed E-state index contributed by atoms with van der Waals surface area (Å²) in [4.78, 5) is 0. The van der Waals surface area contributed by atoms with Crippen LogP contribution in [0.3, 0.4) is 0 Å². The Hall–Kier alpha value is -6.96. The van der Waals surface area contributed by atoms with Crippen molar-refractivity contribution < 1.29 is 15.4 Å². The zero-order valence-electron chi connectivity index (χ0n) is 36.9. The maximum absolute atomic E-state index is 9.30. The summed E-state index contributed by atoms with van der Waals surface area (Å²) in [5.41, 5.74) is 9.60. The summed E-state index contributed by atoms with van der Waals surface area (Å²) in [6, 6.07) is 49.8. The molecule has 0 fully saturated rings. The van der Waals surface area contributed by atoms with Crippen molar-refractivity contribution in [2.75, 3.05) is 0 Å². The first-order chi connectivity index (χ1) is 30.1. The third-order valence-electron chi connectivity index (χ3n) is 11.0. The summed E-state index contributed by atoms with van der Waals surface area (Å²) in [5.74, 6) is 0.632. The molecule has 0 atom stereocenters. The van der Waals surface area contributed by atoms with E-state index in [2.05, 4.69) is 91.0 Å². The van der Waals surface area contributed by atoms with Gasteiger partial charge in [0, 0.05) is 10.9 Å². The first-order valence-electron chi connectivity index (χ1n) is 22.0. The van der Waals surface area contributed by atoms with Gasteiger partial charge in [-0.15, -0.1) is 0 Å². The van der Waals surface area contributed by atoms with Gasteiger partial charge in [-0.1, -0.05) is 182 Å². The molecule has 0 N–H and O–H groups in total. The van der Waals surface area contributed by atoms with Gasteiger partial charge in [-0.25, -0.2) is 0 Å². The van der Waals surface area contributed by atoms with Crippen molar-refractivity contribution in [1.82, 2.24) is 0 Å². The Labute approximate surface area is 325 Å². The van der Waals surface area contributed by atoms with Crippen LogP contribution in [0.1, 0.15) is 33.2 Å². The van der Waals surface area contributed by atoms with Crippen LogP contribution in [0.4, 0.5) is 0 Å². The number of furan rings is 1. The van der Waals surface area contributed by atoms with Gasteiger partial charge >= 0.3 is 0 Å². The van der Waals surface area contributed by atoms with Crippen LogP contribution in [-0.2, 0) is 5.41 Å². The Morgan fingerprint density at radius 3 is 1.56 bits per heavy atom. The highest BCUT2D eigenvalue weighted by molar-refractivity contribution is 6.21. The monoisotopic (exact) mass is 694 g/mol. The van der Waals surface area contributed by atoms with Crippen LogP contribution >= 0.6 is 0 Å². The summed E-state index contributed by atoms with van der Waals surface area (Å²) in [5, 5.41) is 1.43. The van der Waals surface area contributed by atoms with E-state index in [1.807, 2.05) is 36.4 Å². The summed E-state index contributed by atoms with van der Waals surface area (Å²) in [7, 11) is 0. The quantitative estimate of drug-likeness (QED) is 0.163. The summed E-state index contributed by atoms with van der Waals surface area (Å²) >= 11 is 0. The molecule has 10 aromatic rings. The Morgan fingerprint density at radius 1 is 0.407 bits per heavy atom. The molecule has 0 saturated carbocycles. The average molecular weight is 695 g/mol. The summed E-state index contributed by atoms with van der Waals surface area (Å²) in [6.07, 6.45) is 0. The SMILES string of the molecule is [2H]c1c([2H])c([2H])c2c(-c3ccc4oc(-c5ccc6c(c5)-c5ccccc5C6(c5ccccc5)c5ccccc5)cc4c3)c3c([2H])c([2H])c([2H])c([2H])c3c(-c3ccccc3)c2c1[2H]. The van der Waals surface area contributed by atoms with Crippen molar-refractivity contribution in [3.05, 3.63) is 228 Å². The molecule has 54 heavy (non-hydrogen) atoms. The van der Waals surface area contributed by atoms with E-state index in [1.165, 1.54) is 22.3 Å². The lowest BCUT2D eigenvalue weighted by Crippen LogP contribution is -2.28. The molecule has 1 heteroatoms. The van der Waals surface area contributed by atoms with Gasteiger partial charge < -0.3 is 4.42 Å². The lowest BCUT2D eigenvalue weighted by Gasteiger charge is -2.33. The minimum absolute atomic E-state index is 0.174. The second kappa shape index (κ2) is 12.0. The molecule has 0 spiro atoms.